The number of aryl methyl sites for hydroxylation is 1. The first-order chi connectivity index (χ1) is 15.6. The second-order valence-corrected chi connectivity index (χ2v) is 8.51. The van der Waals surface area contributed by atoms with Gasteiger partial charge in [-0.2, -0.15) is 4.98 Å². The van der Waals surface area contributed by atoms with E-state index in [-0.39, 0.29) is 17.7 Å². The zero-order valence-corrected chi connectivity index (χ0v) is 18.1. The van der Waals surface area contributed by atoms with E-state index in [1.54, 1.807) is 4.90 Å². The van der Waals surface area contributed by atoms with Crippen LogP contribution in [0.4, 0.5) is 0 Å². The molecular weight excluding hydrogens is 408 g/mol. The molecule has 2 amide bonds. The predicted molar refractivity (Wildman–Crippen MR) is 115 cm³/mol. The molecule has 1 aromatic carbocycles. The lowest BCUT2D eigenvalue weighted by atomic mass is 9.96. The molecule has 0 saturated carbocycles. The Kier molecular flexibility index (Phi) is 5.51. The Labute approximate surface area is 186 Å². The predicted octanol–water partition coefficient (Wildman–Crippen LogP) is 3.54. The molecule has 1 unspecified atom stereocenters. The number of likely N-dealkylation sites (tertiary alicyclic amines) is 2. The van der Waals surface area contributed by atoms with Crippen LogP contribution in [0.1, 0.15) is 49.0 Å². The molecule has 2 aliphatic heterocycles. The number of carbonyl (C=O) groups is 2. The van der Waals surface area contributed by atoms with Gasteiger partial charge < -0.3 is 18.7 Å². The van der Waals surface area contributed by atoms with E-state index >= 15 is 0 Å². The summed E-state index contributed by atoms with van der Waals surface area (Å²) in [7, 11) is 0. The number of piperidine rings is 1. The number of carbonyl (C=O) groups excluding carboxylic acids is 2. The average Bonchev–Trinajstić information content (AvgIpc) is 3.56. The Morgan fingerprint density at radius 3 is 2.59 bits per heavy atom. The Bertz CT molecular complexity index is 1100. The second kappa shape index (κ2) is 8.61. The van der Waals surface area contributed by atoms with Crippen LogP contribution in [0.2, 0.25) is 0 Å². The second-order valence-electron chi connectivity index (χ2n) is 8.51. The van der Waals surface area contributed by atoms with Crippen LogP contribution in [0.15, 0.2) is 51.4 Å². The highest BCUT2D eigenvalue weighted by Gasteiger charge is 2.40. The fourth-order valence-corrected chi connectivity index (χ4v) is 4.59. The number of amides is 2. The van der Waals surface area contributed by atoms with Crippen molar-refractivity contribution in [2.24, 2.45) is 0 Å². The summed E-state index contributed by atoms with van der Waals surface area (Å²) in [6, 6.07) is 13.1. The highest BCUT2D eigenvalue weighted by molar-refractivity contribution is 5.91. The van der Waals surface area contributed by atoms with E-state index in [1.807, 2.05) is 54.3 Å². The molecule has 4 heterocycles. The lowest BCUT2D eigenvalue weighted by Gasteiger charge is -2.34. The molecule has 8 heteroatoms. The van der Waals surface area contributed by atoms with Gasteiger partial charge in [-0.05, 0) is 38.3 Å². The zero-order valence-electron chi connectivity index (χ0n) is 18.1. The van der Waals surface area contributed by atoms with Crippen molar-refractivity contribution in [3.8, 4) is 11.4 Å². The standard InChI is InChI=1S/C24H26N4O4/c1-16-7-8-19(31-16)15-28-20(9-10-21(28)29)24(30)27-13-11-18(12-14-27)23-25-22(26-32-23)17-5-3-2-4-6-17/h2-8,18,20H,9-15H2,1H3. The van der Waals surface area contributed by atoms with Crippen LogP contribution in [0.3, 0.4) is 0 Å². The number of hydrogen-bond acceptors (Lipinski definition) is 6. The van der Waals surface area contributed by atoms with Crippen molar-refractivity contribution < 1.29 is 18.5 Å². The molecule has 8 nitrogen and oxygen atoms in total. The Balaban J connectivity index is 1.21. The van der Waals surface area contributed by atoms with Crippen molar-refractivity contribution in [1.82, 2.24) is 19.9 Å². The van der Waals surface area contributed by atoms with Crippen LogP contribution < -0.4 is 0 Å². The molecule has 0 aliphatic carbocycles. The number of furan rings is 1. The third-order valence-electron chi connectivity index (χ3n) is 6.37. The first kappa shape index (κ1) is 20.5. The van der Waals surface area contributed by atoms with Gasteiger partial charge in [0.15, 0.2) is 0 Å². The van der Waals surface area contributed by atoms with E-state index in [9.17, 15) is 9.59 Å². The van der Waals surface area contributed by atoms with Crippen LogP contribution in [-0.4, -0.2) is 50.9 Å². The molecule has 0 spiro atoms. The highest BCUT2D eigenvalue weighted by Crippen LogP contribution is 2.30. The summed E-state index contributed by atoms with van der Waals surface area (Å²) in [6.07, 6.45) is 2.48. The van der Waals surface area contributed by atoms with Gasteiger partial charge in [-0.25, -0.2) is 0 Å². The molecule has 2 saturated heterocycles. The van der Waals surface area contributed by atoms with Crippen molar-refractivity contribution >= 4 is 11.8 Å². The third kappa shape index (κ3) is 4.04. The van der Waals surface area contributed by atoms with E-state index < -0.39 is 6.04 Å². The summed E-state index contributed by atoms with van der Waals surface area (Å²) < 4.78 is 11.1. The fourth-order valence-electron chi connectivity index (χ4n) is 4.59. The third-order valence-corrected chi connectivity index (χ3v) is 6.37. The summed E-state index contributed by atoms with van der Waals surface area (Å²) in [4.78, 5) is 33.8. The number of nitrogens with zero attached hydrogens (tertiary/aromatic N) is 4. The SMILES string of the molecule is Cc1ccc(CN2C(=O)CCC2C(=O)N2CCC(c3nc(-c4ccccc4)no3)CC2)o1. The minimum atomic E-state index is -0.419. The molecule has 2 aromatic heterocycles. The van der Waals surface area contributed by atoms with E-state index in [4.69, 9.17) is 8.94 Å². The smallest absolute Gasteiger partial charge is 0.245 e. The van der Waals surface area contributed by atoms with Crippen molar-refractivity contribution in [2.75, 3.05) is 13.1 Å². The molecule has 2 aliphatic rings. The summed E-state index contributed by atoms with van der Waals surface area (Å²) in [6.45, 7) is 3.44. The van der Waals surface area contributed by atoms with Crippen molar-refractivity contribution in [3.05, 3.63) is 59.9 Å². The van der Waals surface area contributed by atoms with Gasteiger partial charge in [0, 0.05) is 31.0 Å². The first-order valence-corrected chi connectivity index (χ1v) is 11.1. The molecular formula is C24H26N4O4. The van der Waals surface area contributed by atoms with E-state index in [2.05, 4.69) is 10.1 Å². The largest absolute Gasteiger partial charge is 0.464 e. The number of hydrogen-bond donors (Lipinski definition) is 0. The van der Waals surface area contributed by atoms with E-state index in [1.165, 1.54) is 0 Å². The summed E-state index contributed by atoms with van der Waals surface area (Å²) in [5.74, 6) is 2.89. The maximum Gasteiger partial charge on any atom is 0.245 e. The molecule has 1 atom stereocenters. The highest BCUT2D eigenvalue weighted by atomic mass is 16.5. The molecule has 32 heavy (non-hydrogen) atoms. The minimum absolute atomic E-state index is 0.00610. The topological polar surface area (TPSA) is 92.7 Å². The zero-order chi connectivity index (χ0) is 22.1. The normalized spacial score (nSPS) is 19.7. The van der Waals surface area contributed by atoms with Crippen molar-refractivity contribution in [3.63, 3.8) is 0 Å². The lowest BCUT2D eigenvalue weighted by Crippen LogP contribution is -2.48. The number of rotatable bonds is 5. The van der Waals surface area contributed by atoms with Gasteiger partial charge in [0.1, 0.15) is 17.6 Å². The quantitative estimate of drug-likeness (QED) is 0.610. The molecule has 5 rings (SSSR count). The lowest BCUT2D eigenvalue weighted by molar-refractivity contribution is -0.142. The molecule has 0 bridgehead atoms. The van der Waals surface area contributed by atoms with Crippen molar-refractivity contribution in [1.29, 1.82) is 0 Å². The molecule has 3 aromatic rings. The van der Waals surface area contributed by atoms with Crippen molar-refractivity contribution in [2.45, 2.75) is 51.1 Å². The summed E-state index contributed by atoms with van der Waals surface area (Å²) in [5, 5.41) is 4.12. The molecule has 0 radical (unpaired) electrons. The molecule has 0 N–H and O–H groups in total. The van der Waals surface area contributed by atoms with Crippen LogP contribution in [-0.2, 0) is 16.1 Å². The Morgan fingerprint density at radius 2 is 1.88 bits per heavy atom. The number of benzene rings is 1. The van der Waals surface area contributed by atoms with Gasteiger partial charge in [0.05, 0.1) is 6.54 Å². The summed E-state index contributed by atoms with van der Waals surface area (Å²) >= 11 is 0. The minimum Gasteiger partial charge on any atom is -0.464 e. The number of aromatic nitrogens is 2. The van der Waals surface area contributed by atoms with E-state index in [0.29, 0.717) is 50.0 Å². The maximum absolute atomic E-state index is 13.2. The monoisotopic (exact) mass is 434 g/mol. The van der Waals surface area contributed by atoms with E-state index in [0.717, 1.165) is 24.2 Å². The van der Waals surface area contributed by atoms with Gasteiger partial charge in [-0.1, -0.05) is 35.5 Å². The average molecular weight is 434 g/mol. The summed E-state index contributed by atoms with van der Waals surface area (Å²) in [5.41, 5.74) is 0.924. The first-order valence-electron chi connectivity index (χ1n) is 11.1. The Hall–Kier alpha value is -3.42. The van der Waals surface area contributed by atoms with Gasteiger partial charge in [0.25, 0.3) is 0 Å². The van der Waals surface area contributed by atoms with Gasteiger partial charge in [0.2, 0.25) is 23.5 Å². The van der Waals surface area contributed by atoms with Gasteiger partial charge in [-0.15, -0.1) is 0 Å². The van der Waals surface area contributed by atoms with Crippen LogP contribution in [0.25, 0.3) is 11.4 Å². The van der Waals surface area contributed by atoms with Crippen LogP contribution >= 0.6 is 0 Å². The Morgan fingerprint density at radius 1 is 1.09 bits per heavy atom. The van der Waals surface area contributed by atoms with Gasteiger partial charge >= 0.3 is 0 Å². The fraction of sp³-hybridized carbons (Fsp3) is 0.417. The van der Waals surface area contributed by atoms with Crippen LogP contribution in [0.5, 0.6) is 0 Å². The molecule has 166 valence electrons. The van der Waals surface area contributed by atoms with Crippen LogP contribution in [0, 0.1) is 6.92 Å². The molecule has 2 fully saturated rings. The van der Waals surface area contributed by atoms with Gasteiger partial charge in [-0.3, -0.25) is 9.59 Å². The maximum atomic E-state index is 13.2.